The molecule has 0 aromatic heterocycles. The Balaban J connectivity index is 2.85. The first-order chi connectivity index (χ1) is 9.35. The van der Waals surface area contributed by atoms with Crippen LogP contribution in [0.3, 0.4) is 0 Å². The highest BCUT2D eigenvalue weighted by molar-refractivity contribution is 5.93. The molecule has 1 heterocycles. The van der Waals surface area contributed by atoms with Gasteiger partial charge >= 0.3 is 0 Å². The molecular formula is C11H20N4O5. The Morgan fingerprint density at radius 2 is 2.05 bits per heavy atom. The van der Waals surface area contributed by atoms with Crippen molar-refractivity contribution in [3.63, 3.8) is 0 Å². The van der Waals surface area contributed by atoms with Gasteiger partial charge in [0.2, 0.25) is 17.7 Å². The van der Waals surface area contributed by atoms with E-state index in [1.165, 1.54) is 14.0 Å². The van der Waals surface area contributed by atoms with Gasteiger partial charge in [0.25, 0.3) is 0 Å². The molecule has 20 heavy (non-hydrogen) atoms. The van der Waals surface area contributed by atoms with E-state index in [0.29, 0.717) is 0 Å². The zero-order valence-electron chi connectivity index (χ0n) is 11.3. The third kappa shape index (κ3) is 4.44. The summed E-state index contributed by atoms with van der Waals surface area (Å²) >= 11 is 0. The Hall–Kier alpha value is -1.71. The molecule has 1 rings (SSSR count). The molecule has 0 bridgehead atoms. The number of carbonyl (C=O) groups is 3. The fraction of sp³-hybridized carbons (Fsp3) is 0.727. The number of carbonyl (C=O) groups excluding carboxylic acids is 3. The number of nitrogens with one attached hydrogen (secondary N) is 4. The van der Waals surface area contributed by atoms with Crippen LogP contribution in [0.15, 0.2) is 0 Å². The molecule has 6 N–H and O–H groups in total. The maximum atomic E-state index is 11.9. The molecule has 0 aromatic carbocycles. The number of rotatable bonds is 2. The minimum atomic E-state index is -1.72. The van der Waals surface area contributed by atoms with Crippen LogP contribution in [0.2, 0.25) is 0 Å². The Morgan fingerprint density at radius 3 is 2.60 bits per heavy atom. The zero-order valence-corrected chi connectivity index (χ0v) is 11.3. The number of aliphatic hydroxyl groups is 2. The van der Waals surface area contributed by atoms with Gasteiger partial charge in [0.15, 0.2) is 6.29 Å². The normalized spacial score (nSPS) is 28.6. The quantitative estimate of drug-likeness (QED) is 0.290. The van der Waals surface area contributed by atoms with Crippen molar-refractivity contribution < 1.29 is 24.6 Å². The number of likely N-dealkylation sites (N-methyl/N-ethyl adjacent to an activating group) is 1. The van der Waals surface area contributed by atoms with Crippen LogP contribution in [0.1, 0.15) is 13.3 Å². The van der Waals surface area contributed by atoms with Crippen LogP contribution < -0.4 is 21.3 Å². The van der Waals surface area contributed by atoms with E-state index in [1.54, 1.807) is 0 Å². The Bertz CT molecular complexity index is 387. The molecule has 114 valence electrons. The van der Waals surface area contributed by atoms with Gasteiger partial charge in [-0.2, -0.15) is 0 Å². The monoisotopic (exact) mass is 288 g/mol. The van der Waals surface area contributed by atoms with Gasteiger partial charge in [0.1, 0.15) is 6.04 Å². The largest absolute Gasteiger partial charge is 0.367 e. The maximum Gasteiger partial charge on any atom is 0.242 e. The van der Waals surface area contributed by atoms with Crippen molar-refractivity contribution >= 4 is 17.7 Å². The van der Waals surface area contributed by atoms with E-state index >= 15 is 0 Å². The minimum Gasteiger partial charge on any atom is -0.367 e. The summed E-state index contributed by atoms with van der Waals surface area (Å²) < 4.78 is 0. The smallest absolute Gasteiger partial charge is 0.242 e. The number of amides is 3. The molecule has 1 aliphatic rings. The fourth-order valence-corrected chi connectivity index (χ4v) is 1.81. The van der Waals surface area contributed by atoms with E-state index in [0.717, 1.165) is 0 Å². The molecule has 0 radical (unpaired) electrons. The van der Waals surface area contributed by atoms with Crippen LogP contribution in [0.4, 0.5) is 0 Å². The molecule has 3 unspecified atom stereocenters. The lowest BCUT2D eigenvalue weighted by Gasteiger charge is -2.28. The topological polar surface area (TPSA) is 140 Å². The van der Waals surface area contributed by atoms with E-state index in [-0.39, 0.29) is 13.0 Å². The van der Waals surface area contributed by atoms with Gasteiger partial charge in [-0.15, -0.1) is 0 Å². The Kier molecular flexibility index (Phi) is 5.86. The Labute approximate surface area is 116 Å². The summed E-state index contributed by atoms with van der Waals surface area (Å²) in [5.74, 6) is -1.44. The zero-order chi connectivity index (χ0) is 15.3. The van der Waals surface area contributed by atoms with Gasteiger partial charge in [0, 0.05) is 13.6 Å². The lowest BCUT2D eigenvalue weighted by molar-refractivity contribution is -0.133. The number of hydrogen-bond donors (Lipinski definition) is 6. The first-order valence-electron chi connectivity index (χ1n) is 6.26. The predicted octanol–water partition coefficient (Wildman–Crippen LogP) is -3.61. The highest BCUT2D eigenvalue weighted by atomic mass is 16.5. The molecule has 3 amide bonds. The summed E-state index contributed by atoms with van der Waals surface area (Å²) in [7, 11) is 1.41. The first-order valence-corrected chi connectivity index (χ1v) is 6.26. The molecule has 0 aliphatic carbocycles. The van der Waals surface area contributed by atoms with Gasteiger partial charge in [-0.25, -0.2) is 0 Å². The summed E-state index contributed by atoms with van der Waals surface area (Å²) in [6.45, 7) is 1.46. The van der Waals surface area contributed by atoms with Crippen molar-refractivity contribution in [2.45, 2.75) is 37.8 Å². The maximum absolute atomic E-state index is 11.9. The van der Waals surface area contributed by atoms with E-state index in [4.69, 9.17) is 0 Å². The van der Waals surface area contributed by atoms with Crippen molar-refractivity contribution in [3.05, 3.63) is 0 Å². The lowest BCUT2D eigenvalue weighted by atomic mass is 10.1. The predicted molar refractivity (Wildman–Crippen MR) is 68.2 cm³/mol. The van der Waals surface area contributed by atoms with Gasteiger partial charge in [-0.05, 0) is 6.92 Å². The second-order valence-electron chi connectivity index (χ2n) is 4.59. The highest BCUT2D eigenvalue weighted by Gasteiger charge is 2.29. The number of aliphatic hydroxyl groups excluding tert-OH is 1. The SMILES string of the molecule is CNC(=O)C1CC(=O)NCC(C(O)O)NC(C)C(=O)N1. The van der Waals surface area contributed by atoms with Crippen LogP contribution in [0, 0.1) is 0 Å². The number of hydrogen-bond acceptors (Lipinski definition) is 6. The molecule has 1 aliphatic heterocycles. The molecule has 9 heteroatoms. The third-order valence-electron chi connectivity index (χ3n) is 3.01. The second-order valence-corrected chi connectivity index (χ2v) is 4.59. The van der Waals surface area contributed by atoms with Gasteiger partial charge in [0.05, 0.1) is 18.5 Å². The van der Waals surface area contributed by atoms with E-state index in [1.807, 2.05) is 0 Å². The van der Waals surface area contributed by atoms with Gasteiger partial charge < -0.3 is 26.2 Å². The van der Waals surface area contributed by atoms with Crippen molar-refractivity contribution in [1.29, 1.82) is 0 Å². The van der Waals surface area contributed by atoms with Crippen LogP contribution in [-0.2, 0) is 14.4 Å². The third-order valence-corrected chi connectivity index (χ3v) is 3.01. The Morgan fingerprint density at radius 1 is 1.40 bits per heavy atom. The van der Waals surface area contributed by atoms with Gasteiger partial charge in [-0.3, -0.25) is 19.7 Å². The van der Waals surface area contributed by atoms with E-state index < -0.39 is 42.1 Å². The molecule has 0 spiro atoms. The van der Waals surface area contributed by atoms with Crippen LogP contribution in [-0.4, -0.2) is 65.9 Å². The molecule has 1 fully saturated rings. The van der Waals surface area contributed by atoms with Gasteiger partial charge in [-0.1, -0.05) is 0 Å². The minimum absolute atomic E-state index is 0.0609. The van der Waals surface area contributed by atoms with E-state index in [2.05, 4.69) is 21.3 Å². The van der Waals surface area contributed by atoms with Crippen molar-refractivity contribution in [3.8, 4) is 0 Å². The fourth-order valence-electron chi connectivity index (χ4n) is 1.81. The van der Waals surface area contributed by atoms with Crippen LogP contribution in [0.5, 0.6) is 0 Å². The lowest BCUT2D eigenvalue weighted by Crippen LogP contribution is -2.59. The summed E-state index contributed by atoms with van der Waals surface area (Å²) in [5.41, 5.74) is 0. The van der Waals surface area contributed by atoms with Crippen molar-refractivity contribution in [2.24, 2.45) is 0 Å². The first kappa shape index (κ1) is 16.3. The highest BCUT2D eigenvalue weighted by Crippen LogP contribution is 2.00. The standard InChI is InChI=1S/C11H20N4O5/c1-5-9(17)15-6(10(18)12-2)3-8(16)13-4-7(14-5)11(19)20/h5-7,11,14,19-20H,3-4H2,1-2H3,(H,12,18)(H,13,16)(H,15,17). The molecule has 9 nitrogen and oxygen atoms in total. The summed E-state index contributed by atoms with van der Waals surface area (Å²) in [5, 5.41) is 28.3. The average molecular weight is 288 g/mol. The molecule has 0 aromatic rings. The second kappa shape index (κ2) is 7.17. The molecule has 0 saturated carbocycles. The van der Waals surface area contributed by atoms with Crippen LogP contribution >= 0.6 is 0 Å². The van der Waals surface area contributed by atoms with Crippen molar-refractivity contribution in [2.75, 3.05) is 13.6 Å². The van der Waals surface area contributed by atoms with Crippen LogP contribution in [0.25, 0.3) is 0 Å². The summed E-state index contributed by atoms with van der Waals surface area (Å²) in [6.07, 6.45) is -1.94. The average Bonchev–Trinajstić information content (AvgIpc) is 2.40. The van der Waals surface area contributed by atoms with E-state index in [9.17, 15) is 24.6 Å². The summed E-state index contributed by atoms with van der Waals surface area (Å²) in [4.78, 5) is 35.1. The molecule has 3 atom stereocenters. The summed E-state index contributed by atoms with van der Waals surface area (Å²) in [6, 6.07) is -2.59. The van der Waals surface area contributed by atoms with Crippen molar-refractivity contribution in [1.82, 2.24) is 21.3 Å². The molecule has 1 saturated heterocycles. The molecular weight excluding hydrogens is 268 g/mol.